The van der Waals surface area contributed by atoms with Crippen molar-refractivity contribution in [3.63, 3.8) is 0 Å². The van der Waals surface area contributed by atoms with Crippen molar-refractivity contribution in [2.24, 2.45) is 11.7 Å². The number of pyridine rings is 1. The van der Waals surface area contributed by atoms with Crippen molar-refractivity contribution in [1.82, 2.24) is 4.98 Å². The average molecular weight is 335 g/mol. The largest absolute Gasteiger partial charge is 0.411 e. The van der Waals surface area contributed by atoms with E-state index in [1.54, 1.807) is 0 Å². The van der Waals surface area contributed by atoms with Crippen LogP contribution in [0.2, 0.25) is 18.1 Å². The van der Waals surface area contributed by atoms with Crippen LogP contribution in [0.15, 0.2) is 18.3 Å². The molecule has 0 aliphatic heterocycles. The molecule has 2 rings (SSSR count). The van der Waals surface area contributed by atoms with Gasteiger partial charge in [-0.2, -0.15) is 0 Å². The SMILES string of the molecule is CC(C)(C)[Si](C)(C)OCc1ccc(C(CCCN)C2CC2)cn1. The first-order chi connectivity index (χ1) is 10.7. The summed E-state index contributed by atoms with van der Waals surface area (Å²) in [5, 5.41) is 0.242. The summed E-state index contributed by atoms with van der Waals surface area (Å²) in [7, 11) is -1.70. The van der Waals surface area contributed by atoms with E-state index < -0.39 is 8.32 Å². The van der Waals surface area contributed by atoms with E-state index in [1.807, 2.05) is 0 Å². The molecule has 1 aliphatic rings. The molecule has 130 valence electrons. The molecule has 0 saturated heterocycles. The standard InChI is InChI=1S/C19H34N2OSi/c1-19(2,3)23(4,5)22-14-17-11-10-16(13-21-17)18(7-6-12-20)15-8-9-15/h10-11,13,15,18H,6-9,12,14,20H2,1-5H3. The normalized spacial score (nSPS) is 17.3. The van der Waals surface area contributed by atoms with Crippen molar-refractivity contribution in [1.29, 1.82) is 0 Å². The molecule has 1 fully saturated rings. The van der Waals surface area contributed by atoms with Gasteiger partial charge in [-0.05, 0) is 73.8 Å². The number of aromatic nitrogens is 1. The summed E-state index contributed by atoms with van der Waals surface area (Å²) in [6, 6.07) is 4.41. The molecule has 1 atom stereocenters. The first-order valence-electron chi connectivity index (χ1n) is 9.03. The van der Waals surface area contributed by atoms with Crippen LogP contribution in [-0.4, -0.2) is 19.8 Å². The number of hydrogen-bond donors (Lipinski definition) is 1. The first-order valence-corrected chi connectivity index (χ1v) is 11.9. The quantitative estimate of drug-likeness (QED) is 0.692. The lowest BCUT2D eigenvalue weighted by Gasteiger charge is -2.36. The molecular weight excluding hydrogens is 300 g/mol. The fourth-order valence-corrected chi connectivity index (χ4v) is 3.66. The third kappa shape index (κ3) is 5.13. The molecule has 1 aliphatic carbocycles. The number of nitrogens with two attached hydrogens (primary N) is 1. The lowest BCUT2D eigenvalue weighted by molar-refractivity contribution is 0.272. The maximum atomic E-state index is 6.26. The Morgan fingerprint density at radius 3 is 2.48 bits per heavy atom. The minimum atomic E-state index is -1.70. The summed E-state index contributed by atoms with van der Waals surface area (Å²) in [5.74, 6) is 1.51. The minimum Gasteiger partial charge on any atom is -0.411 e. The Hall–Kier alpha value is -0.713. The van der Waals surface area contributed by atoms with Gasteiger partial charge in [0.15, 0.2) is 8.32 Å². The van der Waals surface area contributed by atoms with E-state index in [0.717, 1.165) is 24.6 Å². The van der Waals surface area contributed by atoms with E-state index in [2.05, 4.69) is 57.2 Å². The van der Waals surface area contributed by atoms with Crippen LogP contribution in [0.25, 0.3) is 0 Å². The Bertz CT molecular complexity index is 489. The van der Waals surface area contributed by atoms with E-state index in [9.17, 15) is 0 Å². The van der Waals surface area contributed by atoms with Crippen molar-refractivity contribution in [3.8, 4) is 0 Å². The second-order valence-corrected chi connectivity index (χ2v) is 13.3. The van der Waals surface area contributed by atoms with Gasteiger partial charge < -0.3 is 10.2 Å². The third-order valence-electron chi connectivity index (χ3n) is 5.57. The molecule has 4 heteroatoms. The van der Waals surface area contributed by atoms with Crippen molar-refractivity contribution in [2.45, 2.75) is 77.1 Å². The molecule has 1 aromatic heterocycles. The fraction of sp³-hybridized carbons (Fsp3) is 0.737. The minimum absolute atomic E-state index is 0.242. The Kier molecular flexibility index (Phi) is 6.03. The van der Waals surface area contributed by atoms with Gasteiger partial charge in [-0.15, -0.1) is 0 Å². The smallest absolute Gasteiger partial charge is 0.192 e. The molecule has 0 spiro atoms. The number of nitrogens with zero attached hydrogens (tertiary/aromatic N) is 1. The number of hydrogen-bond acceptors (Lipinski definition) is 3. The van der Waals surface area contributed by atoms with Crippen LogP contribution in [0.1, 0.15) is 63.6 Å². The van der Waals surface area contributed by atoms with Crippen LogP contribution in [-0.2, 0) is 11.0 Å². The summed E-state index contributed by atoms with van der Waals surface area (Å²) >= 11 is 0. The molecule has 3 nitrogen and oxygen atoms in total. The zero-order chi connectivity index (χ0) is 17.1. The lowest BCUT2D eigenvalue weighted by atomic mass is 9.91. The average Bonchev–Trinajstić information content (AvgIpc) is 3.30. The second kappa shape index (κ2) is 7.45. The molecular formula is C19H34N2OSi. The van der Waals surface area contributed by atoms with Crippen LogP contribution < -0.4 is 5.73 Å². The van der Waals surface area contributed by atoms with E-state index in [0.29, 0.717) is 12.5 Å². The maximum absolute atomic E-state index is 6.26. The lowest BCUT2D eigenvalue weighted by Crippen LogP contribution is -2.40. The first kappa shape index (κ1) is 18.6. The molecule has 0 aromatic carbocycles. The molecule has 23 heavy (non-hydrogen) atoms. The summed E-state index contributed by atoms with van der Waals surface area (Å²) < 4.78 is 6.26. The summed E-state index contributed by atoms with van der Waals surface area (Å²) in [4.78, 5) is 4.67. The van der Waals surface area contributed by atoms with Crippen LogP contribution in [0.3, 0.4) is 0 Å². The van der Waals surface area contributed by atoms with E-state index in [1.165, 1.54) is 24.8 Å². The molecule has 0 radical (unpaired) electrons. The van der Waals surface area contributed by atoms with Crippen molar-refractivity contribution in [3.05, 3.63) is 29.6 Å². The van der Waals surface area contributed by atoms with Crippen molar-refractivity contribution < 1.29 is 4.43 Å². The predicted molar refractivity (Wildman–Crippen MR) is 100.0 cm³/mol. The van der Waals surface area contributed by atoms with Gasteiger partial charge in [-0.3, -0.25) is 4.98 Å². The van der Waals surface area contributed by atoms with Crippen LogP contribution >= 0.6 is 0 Å². The van der Waals surface area contributed by atoms with E-state index >= 15 is 0 Å². The van der Waals surface area contributed by atoms with Crippen LogP contribution in [0.4, 0.5) is 0 Å². The molecule has 2 N–H and O–H groups in total. The summed E-state index contributed by atoms with van der Waals surface area (Å²) in [5.41, 5.74) is 8.12. The highest BCUT2D eigenvalue weighted by Gasteiger charge is 2.37. The van der Waals surface area contributed by atoms with E-state index in [4.69, 9.17) is 10.2 Å². The van der Waals surface area contributed by atoms with Gasteiger partial charge in [0.1, 0.15) is 0 Å². The third-order valence-corrected chi connectivity index (χ3v) is 10.1. The Morgan fingerprint density at radius 2 is 2.00 bits per heavy atom. The molecule has 1 saturated carbocycles. The topological polar surface area (TPSA) is 48.1 Å². The molecule has 0 bridgehead atoms. The maximum Gasteiger partial charge on any atom is 0.192 e. The van der Waals surface area contributed by atoms with Crippen LogP contribution in [0.5, 0.6) is 0 Å². The zero-order valence-electron chi connectivity index (χ0n) is 15.6. The highest BCUT2D eigenvalue weighted by atomic mass is 28.4. The molecule has 1 unspecified atom stereocenters. The molecule has 1 heterocycles. The molecule has 1 aromatic rings. The highest BCUT2D eigenvalue weighted by molar-refractivity contribution is 6.74. The van der Waals surface area contributed by atoms with Gasteiger partial charge in [0.25, 0.3) is 0 Å². The monoisotopic (exact) mass is 334 g/mol. The second-order valence-electron chi connectivity index (χ2n) is 8.51. The fourth-order valence-electron chi connectivity index (χ4n) is 2.72. The van der Waals surface area contributed by atoms with Crippen molar-refractivity contribution in [2.75, 3.05) is 6.54 Å². The summed E-state index contributed by atoms with van der Waals surface area (Å²) in [6.45, 7) is 12.8. The Labute approximate surface area is 143 Å². The summed E-state index contributed by atoms with van der Waals surface area (Å²) in [6.07, 6.45) is 7.11. The highest BCUT2D eigenvalue weighted by Crippen LogP contribution is 2.44. The zero-order valence-corrected chi connectivity index (χ0v) is 16.6. The van der Waals surface area contributed by atoms with Gasteiger partial charge in [-0.25, -0.2) is 0 Å². The Balaban J connectivity index is 1.96. The van der Waals surface area contributed by atoms with Crippen molar-refractivity contribution >= 4 is 8.32 Å². The van der Waals surface area contributed by atoms with Gasteiger partial charge in [-0.1, -0.05) is 26.8 Å². The number of rotatable bonds is 8. The van der Waals surface area contributed by atoms with E-state index in [-0.39, 0.29) is 5.04 Å². The van der Waals surface area contributed by atoms with Gasteiger partial charge in [0.2, 0.25) is 0 Å². The van der Waals surface area contributed by atoms with Gasteiger partial charge in [0, 0.05) is 6.20 Å². The van der Waals surface area contributed by atoms with Gasteiger partial charge >= 0.3 is 0 Å². The van der Waals surface area contributed by atoms with Crippen LogP contribution in [0, 0.1) is 5.92 Å². The van der Waals surface area contributed by atoms with Gasteiger partial charge in [0.05, 0.1) is 12.3 Å². The Morgan fingerprint density at radius 1 is 1.30 bits per heavy atom. The predicted octanol–water partition coefficient (Wildman–Crippen LogP) is 4.84. The molecule has 0 amide bonds.